The Morgan fingerprint density at radius 1 is 1.38 bits per heavy atom. The van der Waals surface area contributed by atoms with E-state index < -0.39 is 5.60 Å². The lowest BCUT2D eigenvalue weighted by Crippen LogP contribution is -2.43. The van der Waals surface area contributed by atoms with Crippen molar-refractivity contribution >= 4 is 6.09 Å². The Kier molecular flexibility index (Phi) is 2.86. The molecule has 0 saturated heterocycles. The van der Waals surface area contributed by atoms with Gasteiger partial charge >= 0.3 is 6.09 Å². The molecule has 1 amide bonds. The summed E-state index contributed by atoms with van der Waals surface area (Å²) in [5.41, 5.74) is 5.59. The first-order valence-corrected chi connectivity index (χ1v) is 6.12. The fourth-order valence-corrected chi connectivity index (χ4v) is 3.05. The number of carbonyl (C=O) groups excluding carboxylic acids is 1. The zero-order valence-electron chi connectivity index (χ0n) is 10.3. The predicted octanol–water partition coefficient (Wildman–Crippen LogP) is 1.64. The van der Waals surface area contributed by atoms with Gasteiger partial charge in [0.1, 0.15) is 5.60 Å². The lowest BCUT2D eigenvalue weighted by molar-refractivity contribution is 0.0490. The highest BCUT2D eigenvalue weighted by atomic mass is 16.6. The fraction of sp³-hybridized carbons (Fsp3) is 0.917. The average Bonchev–Trinajstić information content (AvgIpc) is 2.57. The Hall–Kier alpha value is -0.770. The summed E-state index contributed by atoms with van der Waals surface area (Å²) in [5.74, 6) is 1.02. The second kappa shape index (κ2) is 3.91. The van der Waals surface area contributed by atoms with Gasteiger partial charge in [-0.05, 0) is 51.9 Å². The zero-order chi connectivity index (χ0) is 11.9. The van der Waals surface area contributed by atoms with Crippen molar-refractivity contribution in [3.05, 3.63) is 0 Å². The predicted molar refractivity (Wildman–Crippen MR) is 62.0 cm³/mol. The van der Waals surface area contributed by atoms with Gasteiger partial charge in [0.25, 0.3) is 0 Å². The van der Waals surface area contributed by atoms with Gasteiger partial charge in [0.15, 0.2) is 0 Å². The van der Waals surface area contributed by atoms with Crippen molar-refractivity contribution in [3.63, 3.8) is 0 Å². The van der Waals surface area contributed by atoms with Gasteiger partial charge in [0, 0.05) is 12.1 Å². The Morgan fingerprint density at radius 3 is 2.50 bits per heavy atom. The van der Waals surface area contributed by atoms with E-state index in [4.69, 9.17) is 10.5 Å². The highest BCUT2D eigenvalue weighted by Crippen LogP contribution is 2.43. The van der Waals surface area contributed by atoms with Gasteiger partial charge < -0.3 is 15.8 Å². The van der Waals surface area contributed by atoms with Crippen LogP contribution in [0.4, 0.5) is 4.79 Å². The van der Waals surface area contributed by atoms with Crippen LogP contribution in [0.2, 0.25) is 0 Å². The smallest absolute Gasteiger partial charge is 0.407 e. The van der Waals surface area contributed by atoms with E-state index in [1.807, 2.05) is 20.8 Å². The summed E-state index contributed by atoms with van der Waals surface area (Å²) in [5, 5.41) is 2.99. The van der Waals surface area contributed by atoms with Crippen LogP contribution in [0.25, 0.3) is 0 Å². The molecule has 4 heteroatoms. The summed E-state index contributed by atoms with van der Waals surface area (Å²) in [6.45, 7) is 5.63. The SMILES string of the molecule is CC(C)(C)OC(=O)N[C@@H]1[C@H]2CC[C@H]1[C@H](N)C2. The van der Waals surface area contributed by atoms with Crippen LogP contribution in [-0.2, 0) is 4.74 Å². The Balaban J connectivity index is 1.89. The number of nitrogens with two attached hydrogens (primary N) is 1. The monoisotopic (exact) mass is 226 g/mol. The van der Waals surface area contributed by atoms with E-state index in [2.05, 4.69) is 5.32 Å². The van der Waals surface area contributed by atoms with Crippen molar-refractivity contribution in [2.24, 2.45) is 17.6 Å². The summed E-state index contributed by atoms with van der Waals surface area (Å²) in [7, 11) is 0. The Bertz CT molecular complexity index is 285. The van der Waals surface area contributed by atoms with Crippen molar-refractivity contribution in [1.82, 2.24) is 5.32 Å². The van der Waals surface area contributed by atoms with Gasteiger partial charge in [-0.25, -0.2) is 4.79 Å². The largest absolute Gasteiger partial charge is 0.444 e. The number of rotatable bonds is 1. The van der Waals surface area contributed by atoms with Crippen molar-refractivity contribution in [2.45, 2.75) is 57.7 Å². The van der Waals surface area contributed by atoms with Crippen LogP contribution in [0.1, 0.15) is 40.0 Å². The molecule has 2 aliphatic carbocycles. The Morgan fingerprint density at radius 2 is 2.06 bits per heavy atom. The second-order valence-electron chi connectivity index (χ2n) is 6.07. The number of alkyl carbamates (subject to hydrolysis) is 1. The maximum atomic E-state index is 11.7. The van der Waals surface area contributed by atoms with Gasteiger partial charge in [-0.2, -0.15) is 0 Å². The third-order valence-corrected chi connectivity index (χ3v) is 3.65. The molecule has 0 aromatic rings. The van der Waals surface area contributed by atoms with Gasteiger partial charge in [-0.3, -0.25) is 0 Å². The van der Waals surface area contributed by atoms with E-state index in [1.54, 1.807) is 0 Å². The van der Waals surface area contributed by atoms with E-state index in [-0.39, 0.29) is 18.2 Å². The van der Waals surface area contributed by atoms with Crippen LogP contribution in [0.3, 0.4) is 0 Å². The molecular formula is C12H22N2O2. The molecule has 92 valence electrons. The Labute approximate surface area is 96.9 Å². The van der Waals surface area contributed by atoms with Crippen molar-refractivity contribution < 1.29 is 9.53 Å². The summed E-state index contributed by atoms with van der Waals surface area (Å²) in [6, 6.07) is 0.503. The van der Waals surface area contributed by atoms with E-state index >= 15 is 0 Å². The quantitative estimate of drug-likeness (QED) is 0.714. The van der Waals surface area contributed by atoms with Crippen molar-refractivity contribution in [2.75, 3.05) is 0 Å². The van der Waals surface area contributed by atoms with Gasteiger partial charge in [0.2, 0.25) is 0 Å². The second-order valence-corrected chi connectivity index (χ2v) is 6.07. The maximum Gasteiger partial charge on any atom is 0.407 e. The third-order valence-electron chi connectivity index (χ3n) is 3.65. The molecule has 3 N–H and O–H groups in total. The van der Waals surface area contributed by atoms with Crippen molar-refractivity contribution in [1.29, 1.82) is 0 Å². The highest BCUT2D eigenvalue weighted by molar-refractivity contribution is 5.68. The first-order chi connectivity index (χ1) is 7.37. The number of amides is 1. The number of nitrogens with one attached hydrogen (secondary N) is 1. The first kappa shape index (κ1) is 11.7. The van der Waals surface area contributed by atoms with Gasteiger partial charge in [-0.15, -0.1) is 0 Å². The van der Waals surface area contributed by atoms with Crippen LogP contribution >= 0.6 is 0 Å². The maximum absolute atomic E-state index is 11.7. The van der Waals surface area contributed by atoms with Crippen LogP contribution in [-0.4, -0.2) is 23.8 Å². The lowest BCUT2D eigenvalue weighted by Gasteiger charge is -2.23. The first-order valence-electron chi connectivity index (χ1n) is 6.12. The van der Waals surface area contributed by atoms with Crippen LogP contribution in [0.5, 0.6) is 0 Å². The molecule has 2 fully saturated rings. The van der Waals surface area contributed by atoms with Gasteiger partial charge in [0.05, 0.1) is 0 Å². The minimum atomic E-state index is -0.427. The molecule has 4 atom stereocenters. The molecule has 16 heavy (non-hydrogen) atoms. The molecular weight excluding hydrogens is 204 g/mol. The molecule has 0 spiro atoms. The van der Waals surface area contributed by atoms with E-state index in [1.165, 1.54) is 6.42 Å². The number of hydrogen-bond acceptors (Lipinski definition) is 3. The van der Waals surface area contributed by atoms with E-state index in [0.29, 0.717) is 11.8 Å². The zero-order valence-corrected chi connectivity index (χ0v) is 10.3. The number of ether oxygens (including phenoxy) is 1. The summed E-state index contributed by atoms with van der Waals surface area (Å²) in [6.07, 6.45) is 3.08. The number of fused-ring (bicyclic) bond motifs is 2. The van der Waals surface area contributed by atoms with Crippen LogP contribution < -0.4 is 11.1 Å². The molecule has 0 aliphatic heterocycles. The molecule has 2 bridgehead atoms. The molecule has 0 unspecified atom stereocenters. The minimum Gasteiger partial charge on any atom is -0.444 e. The molecule has 2 aliphatic rings. The standard InChI is InChI=1S/C12H22N2O2/c1-12(2,3)16-11(15)14-10-7-4-5-8(10)9(13)6-7/h7-10H,4-6,13H2,1-3H3,(H,14,15)/t7-,8-,9+,10+/m0/s1. The molecule has 0 aromatic heterocycles. The lowest BCUT2D eigenvalue weighted by atomic mass is 9.96. The highest BCUT2D eigenvalue weighted by Gasteiger charge is 2.47. The van der Waals surface area contributed by atoms with Crippen molar-refractivity contribution in [3.8, 4) is 0 Å². The average molecular weight is 226 g/mol. The normalized spacial score (nSPS) is 37.5. The number of hydrogen-bond donors (Lipinski definition) is 2. The van der Waals surface area contributed by atoms with E-state index in [9.17, 15) is 4.79 Å². The molecule has 4 nitrogen and oxygen atoms in total. The van der Waals surface area contributed by atoms with Crippen LogP contribution in [0.15, 0.2) is 0 Å². The minimum absolute atomic E-state index is 0.241. The molecule has 2 saturated carbocycles. The third kappa shape index (κ3) is 2.32. The summed E-state index contributed by atoms with van der Waals surface area (Å²) >= 11 is 0. The van der Waals surface area contributed by atoms with E-state index in [0.717, 1.165) is 12.8 Å². The molecule has 2 rings (SSSR count). The summed E-state index contributed by atoms with van der Waals surface area (Å²) in [4.78, 5) is 11.7. The topological polar surface area (TPSA) is 64.3 Å². The molecule has 0 aromatic carbocycles. The molecule has 0 radical (unpaired) electrons. The fourth-order valence-electron chi connectivity index (χ4n) is 3.05. The number of carbonyl (C=O) groups is 1. The van der Waals surface area contributed by atoms with Crippen LogP contribution in [0, 0.1) is 11.8 Å². The van der Waals surface area contributed by atoms with Gasteiger partial charge in [-0.1, -0.05) is 0 Å². The molecule has 0 heterocycles. The summed E-state index contributed by atoms with van der Waals surface area (Å²) < 4.78 is 5.27.